The Bertz CT molecular complexity index is 693. The Labute approximate surface area is 179 Å². The van der Waals surface area contributed by atoms with Crippen LogP contribution in [-0.2, 0) is 29.3 Å². The number of likely N-dealkylation sites (N-methyl/N-ethyl adjacent to an activating group) is 1. The molecule has 0 aromatic heterocycles. The lowest BCUT2D eigenvalue weighted by Gasteiger charge is -2.22. The summed E-state index contributed by atoms with van der Waals surface area (Å²) in [5, 5.41) is 0.789. The van der Waals surface area contributed by atoms with E-state index in [-0.39, 0.29) is 24.3 Å². The summed E-state index contributed by atoms with van der Waals surface area (Å²) in [7, 11) is -0.265. The predicted octanol–water partition coefficient (Wildman–Crippen LogP) is 1.10. The Morgan fingerprint density at radius 3 is 2.48 bits per heavy atom. The van der Waals surface area contributed by atoms with Crippen molar-refractivity contribution in [1.82, 2.24) is 10.2 Å². The van der Waals surface area contributed by atoms with Gasteiger partial charge in [0.1, 0.15) is 12.6 Å². The number of nitrogens with one attached hydrogen (secondary N) is 1. The lowest BCUT2D eigenvalue weighted by Crippen LogP contribution is -2.43. The maximum atomic E-state index is 12.2. The highest BCUT2D eigenvalue weighted by Gasteiger charge is 2.31. The van der Waals surface area contributed by atoms with E-state index < -0.39 is 27.2 Å². The predicted molar refractivity (Wildman–Crippen MR) is 115 cm³/mol. The van der Waals surface area contributed by atoms with Crippen LogP contribution in [0.2, 0.25) is 0 Å². The van der Waals surface area contributed by atoms with Gasteiger partial charge in [-0.2, -0.15) is 8.42 Å². The topological polar surface area (TPSA) is 138 Å². The number of hydrogen-bond donors (Lipinski definition) is 2. The molecule has 0 aliphatic rings. The molecule has 0 saturated heterocycles. The van der Waals surface area contributed by atoms with Crippen LogP contribution in [0.1, 0.15) is 33.1 Å². The molecule has 1 atom stereocenters. The molecule has 1 unspecified atom stereocenters. The molecule has 0 bridgehead atoms. The van der Waals surface area contributed by atoms with Crippen LogP contribution < -0.4 is 5.32 Å². The van der Waals surface area contributed by atoms with Crippen LogP contribution in [-0.4, -0.2) is 78.1 Å². The van der Waals surface area contributed by atoms with E-state index in [1.807, 2.05) is 13.8 Å². The molecule has 0 saturated carbocycles. The fourth-order valence-corrected chi connectivity index (χ4v) is 5.64. The van der Waals surface area contributed by atoms with E-state index in [1.165, 1.54) is 33.5 Å². The highest BCUT2D eigenvalue weighted by atomic mass is 33.1. The summed E-state index contributed by atoms with van der Waals surface area (Å²) in [5.74, 6) is -0.979. The van der Waals surface area contributed by atoms with E-state index in [0.717, 1.165) is 18.4 Å². The third kappa shape index (κ3) is 12.7. The SMILES string of the molecule is CN(CCNC(=O)C(CCSSC(C)(C)CCC=O)S(=O)(=O)O)C(=O)/C=C\C=O. The zero-order chi connectivity index (χ0) is 22.5. The molecule has 2 amide bonds. The fraction of sp³-hybridized carbons (Fsp3) is 0.647. The summed E-state index contributed by atoms with van der Waals surface area (Å²) >= 11 is 0. The summed E-state index contributed by atoms with van der Waals surface area (Å²) in [5.41, 5.74) is 0. The Hall–Kier alpha value is -1.37. The third-order valence-corrected chi connectivity index (χ3v) is 8.26. The van der Waals surface area contributed by atoms with Crippen molar-refractivity contribution in [3.8, 4) is 0 Å². The van der Waals surface area contributed by atoms with Crippen LogP contribution in [0.4, 0.5) is 0 Å². The molecule has 12 heteroatoms. The van der Waals surface area contributed by atoms with Crippen molar-refractivity contribution in [2.75, 3.05) is 25.9 Å². The molecule has 0 rings (SSSR count). The number of carbonyl (C=O) groups is 4. The van der Waals surface area contributed by atoms with Crippen molar-refractivity contribution in [3.05, 3.63) is 12.2 Å². The second-order valence-corrected chi connectivity index (χ2v) is 11.4. The average Bonchev–Trinajstić information content (AvgIpc) is 2.62. The minimum absolute atomic E-state index is 0.0113. The van der Waals surface area contributed by atoms with Crippen molar-refractivity contribution in [3.63, 3.8) is 0 Å². The maximum Gasteiger partial charge on any atom is 0.276 e. The zero-order valence-electron chi connectivity index (χ0n) is 16.7. The second-order valence-electron chi connectivity index (χ2n) is 6.71. The van der Waals surface area contributed by atoms with Gasteiger partial charge >= 0.3 is 0 Å². The number of nitrogens with zero attached hydrogens (tertiary/aromatic N) is 1. The molecule has 0 aromatic rings. The quantitative estimate of drug-likeness (QED) is 0.119. The Morgan fingerprint density at radius 2 is 1.93 bits per heavy atom. The Kier molecular flexibility index (Phi) is 13.1. The summed E-state index contributed by atoms with van der Waals surface area (Å²) in [4.78, 5) is 45.7. The van der Waals surface area contributed by atoms with Gasteiger partial charge < -0.3 is 15.0 Å². The van der Waals surface area contributed by atoms with Gasteiger partial charge in [0.2, 0.25) is 11.8 Å². The number of hydrogen-bond acceptors (Lipinski definition) is 8. The van der Waals surface area contributed by atoms with Crippen molar-refractivity contribution >= 4 is 56.1 Å². The molecule has 0 aliphatic carbocycles. The summed E-state index contributed by atoms with van der Waals surface area (Å²) in [6, 6.07) is 0. The van der Waals surface area contributed by atoms with E-state index in [2.05, 4.69) is 5.32 Å². The largest absolute Gasteiger partial charge is 0.353 e. The minimum atomic E-state index is -4.58. The molecule has 29 heavy (non-hydrogen) atoms. The number of carbonyl (C=O) groups excluding carboxylic acids is 4. The van der Waals surface area contributed by atoms with Gasteiger partial charge in [0.25, 0.3) is 10.1 Å². The normalized spacial score (nSPS) is 13.1. The summed E-state index contributed by atoms with van der Waals surface area (Å²) in [6.07, 6.45) is 4.44. The first-order valence-electron chi connectivity index (χ1n) is 8.80. The molecule has 0 aromatic carbocycles. The van der Waals surface area contributed by atoms with Crippen LogP contribution in [0.5, 0.6) is 0 Å². The van der Waals surface area contributed by atoms with Gasteiger partial charge in [-0.3, -0.25) is 18.9 Å². The lowest BCUT2D eigenvalue weighted by molar-refractivity contribution is -0.126. The van der Waals surface area contributed by atoms with Crippen molar-refractivity contribution in [1.29, 1.82) is 0 Å². The highest BCUT2D eigenvalue weighted by molar-refractivity contribution is 8.77. The standard InChI is InChI=1S/C17H28N2O7S3/c1-17(2,8-5-12-21)28-27-13-7-14(29(24,25)26)16(23)18-9-10-19(3)15(22)6-4-11-20/h4,6,11-12,14H,5,7-10,13H2,1-3H3,(H,18,23)(H,24,25,26)/b6-4-. The van der Waals surface area contributed by atoms with E-state index in [9.17, 15) is 32.1 Å². The van der Waals surface area contributed by atoms with Crippen LogP contribution >= 0.6 is 21.6 Å². The second kappa shape index (κ2) is 13.8. The summed E-state index contributed by atoms with van der Waals surface area (Å²) in [6.45, 7) is 4.01. The fourth-order valence-electron chi connectivity index (χ4n) is 2.04. The maximum absolute atomic E-state index is 12.2. The highest BCUT2D eigenvalue weighted by Crippen LogP contribution is 2.39. The monoisotopic (exact) mass is 468 g/mol. The molecule has 9 nitrogen and oxygen atoms in total. The van der Waals surface area contributed by atoms with E-state index >= 15 is 0 Å². The molecular weight excluding hydrogens is 440 g/mol. The van der Waals surface area contributed by atoms with Crippen LogP contribution in [0.3, 0.4) is 0 Å². The molecule has 0 radical (unpaired) electrons. The van der Waals surface area contributed by atoms with Gasteiger partial charge in [-0.05, 0) is 32.8 Å². The summed E-state index contributed by atoms with van der Waals surface area (Å²) < 4.78 is 32.3. The smallest absolute Gasteiger partial charge is 0.276 e. The zero-order valence-corrected chi connectivity index (χ0v) is 19.1. The van der Waals surface area contributed by atoms with Crippen LogP contribution in [0.25, 0.3) is 0 Å². The van der Waals surface area contributed by atoms with Crippen molar-refractivity contribution in [2.24, 2.45) is 0 Å². The number of amides is 2. The lowest BCUT2D eigenvalue weighted by atomic mass is 10.1. The molecule has 2 N–H and O–H groups in total. The Morgan fingerprint density at radius 1 is 1.28 bits per heavy atom. The minimum Gasteiger partial charge on any atom is -0.353 e. The Balaban J connectivity index is 4.55. The van der Waals surface area contributed by atoms with Gasteiger partial charge in [-0.15, -0.1) is 0 Å². The van der Waals surface area contributed by atoms with Crippen molar-refractivity contribution in [2.45, 2.75) is 43.1 Å². The van der Waals surface area contributed by atoms with Crippen LogP contribution in [0, 0.1) is 0 Å². The average molecular weight is 469 g/mol. The van der Waals surface area contributed by atoms with E-state index in [1.54, 1.807) is 0 Å². The first kappa shape index (κ1) is 27.6. The molecule has 0 spiro atoms. The molecular formula is C17H28N2O7S3. The number of aldehydes is 2. The van der Waals surface area contributed by atoms with E-state index in [0.29, 0.717) is 24.9 Å². The third-order valence-electron chi connectivity index (χ3n) is 3.70. The molecule has 0 heterocycles. The van der Waals surface area contributed by atoms with Crippen LogP contribution in [0.15, 0.2) is 12.2 Å². The van der Waals surface area contributed by atoms with E-state index in [4.69, 9.17) is 0 Å². The van der Waals surface area contributed by atoms with Gasteiger partial charge in [-0.1, -0.05) is 21.6 Å². The first-order valence-corrected chi connectivity index (χ1v) is 12.6. The molecule has 166 valence electrons. The first-order chi connectivity index (χ1) is 13.4. The van der Waals surface area contributed by atoms with Gasteiger partial charge in [0.05, 0.1) is 0 Å². The molecule has 0 aliphatic heterocycles. The van der Waals surface area contributed by atoms with Gasteiger partial charge in [0, 0.05) is 43.1 Å². The number of rotatable bonds is 15. The van der Waals surface area contributed by atoms with Crippen molar-refractivity contribution < 1.29 is 32.1 Å². The van der Waals surface area contributed by atoms with Gasteiger partial charge in [0.15, 0.2) is 5.25 Å². The number of allylic oxidation sites excluding steroid dienone is 1. The van der Waals surface area contributed by atoms with Gasteiger partial charge in [-0.25, -0.2) is 0 Å². The molecule has 0 fully saturated rings.